The van der Waals surface area contributed by atoms with Crippen molar-refractivity contribution < 1.29 is 0 Å². The molecular formula is C27H33N3. The lowest BCUT2D eigenvalue weighted by atomic mass is 9.93. The summed E-state index contributed by atoms with van der Waals surface area (Å²) in [5.41, 5.74) is 9.84. The maximum Gasteiger partial charge on any atom is 0.0741 e. The van der Waals surface area contributed by atoms with Gasteiger partial charge in [0.25, 0.3) is 0 Å². The third-order valence-electron chi connectivity index (χ3n) is 6.27. The largest absolute Gasteiger partial charge is 0.364 e. The van der Waals surface area contributed by atoms with Crippen molar-refractivity contribution in [1.82, 2.24) is 14.7 Å². The molecule has 0 spiro atoms. The molecule has 0 saturated carbocycles. The van der Waals surface area contributed by atoms with Gasteiger partial charge in [0.1, 0.15) is 0 Å². The Morgan fingerprint density at radius 1 is 1.10 bits per heavy atom. The van der Waals surface area contributed by atoms with E-state index >= 15 is 0 Å². The first-order chi connectivity index (χ1) is 14.5. The molecule has 0 N–H and O–H groups in total. The maximum absolute atomic E-state index is 4.95. The van der Waals surface area contributed by atoms with E-state index in [4.69, 9.17) is 5.10 Å². The van der Waals surface area contributed by atoms with Crippen molar-refractivity contribution in [2.24, 2.45) is 0 Å². The van der Waals surface area contributed by atoms with Gasteiger partial charge in [0, 0.05) is 29.5 Å². The molecule has 1 aliphatic rings. The molecule has 3 nitrogen and oxygen atoms in total. The van der Waals surface area contributed by atoms with E-state index in [0.29, 0.717) is 6.04 Å². The van der Waals surface area contributed by atoms with Crippen molar-refractivity contribution in [1.29, 1.82) is 0 Å². The number of nitrogens with zero attached hydrogens (tertiary/aromatic N) is 3. The summed E-state index contributed by atoms with van der Waals surface area (Å²) in [5, 5.41) is 4.95. The average molecular weight is 400 g/mol. The van der Waals surface area contributed by atoms with Crippen molar-refractivity contribution in [2.75, 3.05) is 0 Å². The fourth-order valence-corrected chi connectivity index (χ4v) is 4.52. The number of benzene rings is 2. The number of hydrogen-bond acceptors (Lipinski definition) is 2. The lowest BCUT2D eigenvalue weighted by molar-refractivity contribution is 0.283. The lowest BCUT2D eigenvalue weighted by Gasteiger charge is -2.38. The van der Waals surface area contributed by atoms with E-state index in [0.717, 1.165) is 30.8 Å². The molecule has 3 aromatic rings. The Hall–Kier alpha value is -2.81. The number of aromatic nitrogens is 2. The molecule has 1 aliphatic heterocycles. The summed E-state index contributed by atoms with van der Waals surface area (Å²) in [7, 11) is 0. The molecule has 0 radical (unpaired) electrons. The highest BCUT2D eigenvalue weighted by molar-refractivity contribution is 5.71. The zero-order valence-corrected chi connectivity index (χ0v) is 18.8. The van der Waals surface area contributed by atoms with Crippen LogP contribution in [0.15, 0.2) is 55.1 Å². The Balaban J connectivity index is 1.71. The van der Waals surface area contributed by atoms with Crippen LogP contribution in [0, 0.1) is 13.8 Å². The monoisotopic (exact) mass is 399 g/mol. The second-order valence-electron chi connectivity index (χ2n) is 8.71. The molecule has 1 aromatic heterocycles. The molecule has 0 fully saturated rings. The number of fused-ring (bicyclic) bond motifs is 1. The average Bonchev–Trinajstić information content (AvgIpc) is 3.11. The Labute approximate surface area is 181 Å². The van der Waals surface area contributed by atoms with Gasteiger partial charge in [-0.05, 0) is 69.4 Å². The number of hydrogen-bond donors (Lipinski definition) is 0. The van der Waals surface area contributed by atoms with Gasteiger partial charge < -0.3 is 4.90 Å². The van der Waals surface area contributed by atoms with Gasteiger partial charge in [-0.15, -0.1) is 0 Å². The second-order valence-corrected chi connectivity index (χ2v) is 8.71. The summed E-state index contributed by atoms with van der Waals surface area (Å²) in [6.45, 7) is 14.3. The Kier molecular flexibility index (Phi) is 5.80. The SMILES string of the molecule is C=C(c1cc(C)ccc1-n1nc(CCCC)cc1C)N1Cc2ccccc2CC1C. The first-order valence-corrected chi connectivity index (χ1v) is 11.2. The van der Waals surface area contributed by atoms with Crippen molar-refractivity contribution in [2.45, 2.75) is 66.0 Å². The molecule has 156 valence electrons. The molecule has 1 atom stereocenters. The van der Waals surface area contributed by atoms with Gasteiger partial charge >= 0.3 is 0 Å². The molecule has 4 rings (SSSR count). The Morgan fingerprint density at radius 3 is 2.63 bits per heavy atom. The summed E-state index contributed by atoms with van der Waals surface area (Å²) in [6.07, 6.45) is 4.45. The molecule has 1 unspecified atom stereocenters. The lowest BCUT2D eigenvalue weighted by Crippen LogP contribution is -2.37. The summed E-state index contributed by atoms with van der Waals surface area (Å²) >= 11 is 0. The van der Waals surface area contributed by atoms with Crippen LogP contribution < -0.4 is 0 Å². The summed E-state index contributed by atoms with van der Waals surface area (Å²) in [4.78, 5) is 2.46. The zero-order chi connectivity index (χ0) is 21.3. The highest BCUT2D eigenvalue weighted by Crippen LogP contribution is 2.33. The van der Waals surface area contributed by atoms with E-state index in [1.807, 2.05) is 0 Å². The Bertz CT molecular complexity index is 1060. The van der Waals surface area contributed by atoms with Crippen molar-refractivity contribution in [3.05, 3.63) is 88.8 Å². The van der Waals surface area contributed by atoms with Crippen LogP contribution in [0.5, 0.6) is 0 Å². The molecule has 0 amide bonds. The van der Waals surface area contributed by atoms with Crippen LogP contribution in [-0.2, 0) is 19.4 Å². The highest BCUT2D eigenvalue weighted by atomic mass is 15.3. The van der Waals surface area contributed by atoms with Crippen molar-refractivity contribution in [3.63, 3.8) is 0 Å². The van der Waals surface area contributed by atoms with Crippen molar-refractivity contribution in [3.8, 4) is 5.69 Å². The number of aryl methyl sites for hydroxylation is 3. The van der Waals surface area contributed by atoms with Gasteiger partial charge in [-0.25, -0.2) is 4.68 Å². The third-order valence-corrected chi connectivity index (χ3v) is 6.27. The van der Waals surface area contributed by atoms with E-state index in [2.05, 4.69) is 92.4 Å². The summed E-state index contributed by atoms with van der Waals surface area (Å²) < 4.78 is 2.10. The minimum Gasteiger partial charge on any atom is -0.364 e. The topological polar surface area (TPSA) is 21.1 Å². The van der Waals surface area contributed by atoms with Crippen LogP contribution in [0.25, 0.3) is 11.4 Å². The minimum atomic E-state index is 0.416. The van der Waals surface area contributed by atoms with Crippen LogP contribution in [0.4, 0.5) is 0 Å². The van der Waals surface area contributed by atoms with E-state index in [1.54, 1.807) is 0 Å². The van der Waals surface area contributed by atoms with Crippen LogP contribution >= 0.6 is 0 Å². The molecule has 2 heterocycles. The molecule has 0 bridgehead atoms. The molecule has 30 heavy (non-hydrogen) atoms. The first kappa shape index (κ1) is 20.5. The molecule has 0 saturated heterocycles. The standard InChI is InChI=1S/C27H33N3/c1-6-7-12-25-17-21(4)30(28-25)27-14-13-19(2)15-26(27)22(5)29-18-24-11-9-8-10-23(24)16-20(29)3/h8-11,13-15,17,20H,5-7,12,16,18H2,1-4H3. The number of unbranched alkanes of at least 4 members (excludes halogenated alkanes) is 1. The Morgan fingerprint density at radius 2 is 1.87 bits per heavy atom. The van der Waals surface area contributed by atoms with Crippen LogP contribution in [0.2, 0.25) is 0 Å². The molecular weight excluding hydrogens is 366 g/mol. The van der Waals surface area contributed by atoms with E-state index in [1.165, 1.54) is 46.5 Å². The predicted molar refractivity (Wildman–Crippen MR) is 126 cm³/mol. The van der Waals surface area contributed by atoms with Gasteiger partial charge in [0.15, 0.2) is 0 Å². The van der Waals surface area contributed by atoms with E-state index < -0.39 is 0 Å². The third kappa shape index (κ3) is 3.94. The van der Waals surface area contributed by atoms with Crippen molar-refractivity contribution >= 4 is 5.70 Å². The number of rotatable bonds is 6. The molecule has 2 aromatic carbocycles. The highest BCUT2D eigenvalue weighted by Gasteiger charge is 2.25. The van der Waals surface area contributed by atoms with Crippen LogP contribution in [0.1, 0.15) is 60.3 Å². The summed E-state index contributed by atoms with van der Waals surface area (Å²) in [5.74, 6) is 0. The van der Waals surface area contributed by atoms with Gasteiger partial charge in [-0.1, -0.05) is 55.8 Å². The smallest absolute Gasteiger partial charge is 0.0741 e. The van der Waals surface area contributed by atoms with E-state index in [-0.39, 0.29) is 0 Å². The maximum atomic E-state index is 4.95. The fourth-order valence-electron chi connectivity index (χ4n) is 4.52. The fraction of sp³-hybridized carbons (Fsp3) is 0.370. The quantitative estimate of drug-likeness (QED) is 0.488. The van der Waals surface area contributed by atoms with E-state index in [9.17, 15) is 0 Å². The van der Waals surface area contributed by atoms with Crippen LogP contribution in [-0.4, -0.2) is 20.7 Å². The second kappa shape index (κ2) is 8.51. The molecule has 3 heteroatoms. The predicted octanol–water partition coefficient (Wildman–Crippen LogP) is 6.25. The van der Waals surface area contributed by atoms with Gasteiger partial charge in [-0.3, -0.25) is 0 Å². The summed E-state index contributed by atoms with van der Waals surface area (Å²) in [6, 6.07) is 18.1. The molecule has 0 aliphatic carbocycles. The van der Waals surface area contributed by atoms with Gasteiger partial charge in [-0.2, -0.15) is 5.10 Å². The normalized spacial score (nSPS) is 15.9. The van der Waals surface area contributed by atoms with Crippen LogP contribution in [0.3, 0.4) is 0 Å². The van der Waals surface area contributed by atoms with Gasteiger partial charge in [0.05, 0.1) is 11.4 Å². The first-order valence-electron chi connectivity index (χ1n) is 11.2. The minimum absolute atomic E-state index is 0.416. The zero-order valence-electron chi connectivity index (χ0n) is 18.8. The van der Waals surface area contributed by atoms with Gasteiger partial charge in [0.2, 0.25) is 0 Å².